The lowest BCUT2D eigenvalue weighted by atomic mass is 9.98. The summed E-state index contributed by atoms with van der Waals surface area (Å²) in [5, 5.41) is 5.46. The molecule has 166 valence electrons. The van der Waals surface area contributed by atoms with Crippen molar-refractivity contribution in [3.05, 3.63) is 35.9 Å². The van der Waals surface area contributed by atoms with Crippen LogP contribution in [-0.2, 0) is 20.9 Å². The van der Waals surface area contributed by atoms with Crippen molar-refractivity contribution in [2.24, 2.45) is 5.92 Å². The first-order valence-corrected chi connectivity index (χ1v) is 10.4. The number of nitrogens with zero attached hydrogens (tertiary/aromatic N) is 1. The molecule has 0 spiro atoms. The maximum Gasteiger partial charge on any atom is 0.410 e. The molecule has 1 fully saturated rings. The normalized spacial score (nSPS) is 16.5. The molecule has 0 bridgehead atoms. The van der Waals surface area contributed by atoms with E-state index in [0.29, 0.717) is 19.6 Å². The number of hydrogen-bond acceptors (Lipinski definition) is 5. The highest BCUT2D eigenvalue weighted by Crippen LogP contribution is 2.18. The van der Waals surface area contributed by atoms with E-state index in [4.69, 9.17) is 9.47 Å². The van der Waals surface area contributed by atoms with E-state index in [0.717, 1.165) is 18.4 Å². The Labute approximate surface area is 178 Å². The van der Waals surface area contributed by atoms with Crippen LogP contribution < -0.4 is 10.6 Å². The molecular weight excluding hydrogens is 386 g/mol. The molecule has 0 saturated carbocycles. The predicted molar refractivity (Wildman–Crippen MR) is 113 cm³/mol. The lowest BCUT2D eigenvalue weighted by Gasteiger charge is -2.34. The van der Waals surface area contributed by atoms with Crippen molar-refractivity contribution < 1.29 is 23.9 Å². The minimum atomic E-state index is -0.549. The number of rotatable bonds is 7. The number of carbonyl (C=O) groups excluding carboxylic acids is 3. The summed E-state index contributed by atoms with van der Waals surface area (Å²) in [4.78, 5) is 37.6. The summed E-state index contributed by atoms with van der Waals surface area (Å²) in [6.45, 7) is 7.67. The molecule has 2 rings (SSSR count). The van der Waals surface area contributed by atoms with Crippen molar-refractivity contribution in [2.45, 2.75) is 52.2 Å². The summed E-state index contributed by atoms with van der Waals surface area (Å²) in [5.74, 6) is 0.0479. The minimum Gasteiger partial charge on any atom is -0.445 e. The van der Waals surface area contributed by atoms with Gasteiger partial charge >= 0.3 is 12.2 Å². The van der Waals surface area contributed by atoms with Gasteiger partial charge in [-0.15, -0.1) is 0 Å². The molecule has 1 aliphatic heterocycles. The monoisotopic (exact) mass is 419 g/mol. The van der Waals surface area contributed by atoms with Crippen molar-refractivity contribution in [1.29, 1.82) is 0 Å². The van der Waals surface area contributed by atoms with E-state index in [1.54, 1.807) is 4.90 Å². The van der Waals surface area contributed by atoms with Gasteiger partial charge in [0.25, 0.3) is 0 Å². The van der Waals surface area contributed by atoms with Crippen LogP contribution in [0.5, 0.6) is 0 Å². The number of amides is 3. The lowest BCUT2D eigenvalue weighted by Crippen LogP contribution is -2.45. The number of likely N-dealkylation sites (tertiary alicyclic amines) is 1. The molecule has 3 amide bonds. The zero-order chi connectivity index (χ0) is 22.0. The zero-order valence-electron chi connectivity index (χ0n) is 18.1. The Kier molecular flexibility index (Phi) is 8.95. The highest BCUT2D eigenvalue weighted by Gasteiger charge is 2.27. The number of alkyl carbamates (subject to hydrolysis) is 1. The second kappa shape index (κ2) is 11.4. The van der Waals surface area contributed by atoms with Crippen LogP contribution in [-0.4, -0.2) is 54.8 Å². The largest absolute Gasteiger partial charge is 0.445 e. The van der Waals surface area contributed by atoms with E-state index in [1.807, 2.05) is 51.1 Å². The second-order valence-electron chi connectivity index (χ2n) is 8.48. The Morgan fingerprint density at radius 1 is 1.13 bits per heavy atom. The Hall–Kier alpha value is -2.77. The van der Waals surface area contributed by atoms with Crippen LogP contribution in [0.25, 0.3) is 0 Å². The fraction of sp³-hybridized carbons (Fsp3) is 0.591. The number of piperidine rings is 1. The average molecular weight is 420 g/mol. The number of benzene rings is 1. The smallest absolute Gasteiger partial charge is 0.410 e. The Morgan fingerprint density at radius 2 is 1.87 bits per heavy atom. The molecule has 0 aromatic heterocycles. The van der Waals surface area contributed by atoms with Crippen LogP contribution in [0.2, 0.25) is 0 Å². The topological polar surface area (TPSA) is 97.0 Å². The van der Waals surface area contributed by atoms with Crippen LogP contribution in [0, 0.1) is 5.92 Å². The van der Waals surface area contributed by atoms with Gasteiger partial charge in [0.2, 0.25) is 5.91 Å². The van der Waals surface area contributed by atoms with E-state index in [2.05, 4.69) is 10.6 Å². The highest BCUT2D eigenvalue weighted by molar-refractivity contribution is 5.77. The van der Waals surface area contributed by atoms with Crippen molar-refractivity contribution in [3.63, 3.8) is 0 Å². The van der Waals surface area contributed by atoms with Gasteiger partial charge in [-0.05, 0) is 45.1 Å². The van der Waals surface area contributed by atoms with Crippen molar-refractivity contribution in [3.8, 4) is 0 Å². The third kappa shape index (κ3) is 9.15. The van der Waals surface area contributed by atoms with E-state index < -0.39 is 11.7 Å². The van der Waals surface area contributed by atoms with Gasteiger partial charge in [0.15, 0.2) is 0 Å². The van der Waals surface area contributed by atoms with Crippen LogP contribution in [0.15, 0.2) is 30.3 Å². The predicted octanol–water partition coefficient (Wildman–Crippen LogP) is 3.07. The molecule has 8 nitrogen and oxygen atoms in total. The molecule has 1 atom stereocenters. The molecule has 30 heavy (non-hydrogen) atoms. The molecule has 0 aliphatic carbocycles. The number of ether oxygens (including phenoxy) is 2. The van der Waals surface area contributed by atoms with Gasteiger partial charge in [0.1, 0.15) is 12.2 Å². The van der Waals surface area contributed by atoms with Crippen LogP contribution in [0.3, 0.4) is 0 Å². The summed E-state index contributed by atoms with van der Waals surface area (Å²) in [5.41, 5.74) is 0.381. The SMILES string of the molecule is CC(C)(C)OC(=O)N1CCC[C@H](CNC(=O)CCNC(=O)OCc2ccccc2)C1. The van der Waals surface area contributed by atoms with Gasteiger partial charge in [0.05, 0.1) is 0 Å². The molecular formula is C22H33N3O5. The van der Waals surface area contributed by atoms with Crippen LogP contribution in [0.1, 0.15) is 45.6 Å². The maximum atomic E-state index is 12.2. The molecule has 1 aromatic carbocycles. The highest BCUT2D eigenvalue weighted by atomic mass is 16.6. The van der Waals surface area contributed by atoms with Gasteiger partial charge in [-0.2, -0.15) is 0 Å². The summed E-state index contributed by atoms with van der Waals surface area (Å²) in [6.07, 6.45) is 1.14. The van der Waals surface area contributed by atoms with E-state index >= 15 is 0 Å². The van der Waals surface area contributed by atoms with Crippen LogP contribution >= 0.6 is 0 Å². The van der Waals surface area contributed by atoms with E-state index in [9.17, 15) is 14.4 Å². The van der Waals surface area contributed by atoms with E-state index in [-0.39, 0.29) is 37.5 Å². The molecule has 0 radical (unpaired) electrons. The Balaban J connectivity index is 1.60. The molecule has 2 N–H and O–H groups in total. The van der Waals surface area contributed by atoms with Crippen LogP contribution in [0.4, 0.5) is 9.59 Å². The van der Waals surface area contributed by atoms with Gasteiger partial charge in [0, 0.05) is 32.6 Å². The van der Waals surface area contributed by atoms with Gasteiger partial charge in [-0.25, -0.2) is 9.59 Å². The third-order valence-electron chi connectivity index (χ3n) is 4.59. The van der Waals surface area contributed by atoms with Gasteiger partial charge < -0.3 is 25.0 Å². The minimum absolute atomic E-state index is 0.146. The molecule has 1 aromatic rings. The first-order valence-electron chi connectivity index (χ1n) is 10.4. The van der Waals surface area contributed by atoms with E-state index in [1.165, 1.54) is 0 Å². The summed E-state index contributed by atoms with van der Waals surface area (Å²) < 4.78 is 10.5. The Bertz CT molecular complexity index is 702. The molecule has 8 heteroatoms. The summed E-state index contributed by atoms with van der Waals surface area (Å²) >= 11 is 0. The summed E-state index contributed by atoms with van der Waals surface area (Å²) in [7, 11) is 0. The first kappa shape index (κ1) is 23.5. The number of hydrogen-bond donors (Lipinski definition) is 2. The molecule has 1 heterocycles. The lowest BCUT2D eigenvalue weighted by molar-refractivity contribution is -0.121. The number of carbonyl (C=O) groups is 3. The first-order chi connectivity index (χ1) is 14.2. The molecule has 1 aliphatic rings. The second-order valence-corrected chi connectivity index (χ2v) is 8.48. The average Bonchev–Trinajstić information content (AvgIpc) is 2.70. The maximum absolute atomic E-state index is 12.2. The van der Waals surface area contributed by atoms with Gasteiger partial charge in [-0.3, -0.25) is 4.79 Å². The Morgan fingerprint density at radius 3 is 2.57 bits per heavy atom. The van der Waals surface area contributed by atoms with Crippen molar-refractivity contribution in [1.82, 2.24) is 15.5 Å². The van der Waals surface area contributed by atoms with Gasteiger partial charge in [-0.1, -0.05) is 30.3 Å². The molecule has 0 unspecified atom stereocenters. The third-order valence-corrected chi connectivity index (χ3v) is 4.59. The summed E-state index contributed by atoms with van der Waals surface area (Å²) in [6, 6.07) is 9.39. The fourth-order valence-electron chi connectivity index (χ4n) is 3.12. The molecule has 1 saturated heterocycles. The van der Waals surface area contributed by atoms with Crippen molar-refractivity contribution in [2.75, 3.05) is 26.2 Å². The standard InChI is InChI=1S/C22H33N3O5/c1-22(2,3)30-21(28)25-13-7-10-18(15-25)14-24-19(26)11-12-23-20(27)29-16-17-8-5-4-6-9-17/h4-6,8-9,18H,7,10-16H2,1-3H3,(H,23,27)(H,24,26)/t18-/m1/s1. The van der Waals surface area contributed by atoms with Crippen molar-refractivity contribution >= 4 is 18.1 Å². The quantitative estimate of drug-likeness (QED) is 0.708. The zero-order valence-corrected chi connectivity index (χ0v) is 18.1. The fourth-order valence-corrected chi connectivity index (χ4v) is 3.12. The number of nitrogens with one attached hydrogen (secondary N) is 2.